The predicted octanol–water partition coefficient (Wildman–Crippen LogP) is 6.70. The Morgan fingerprint density at radius 1 is 0.538 bits per heavy atom. The van der Waals surface area contributed by atoms with E-state index in [2.05, 4.69) is 0 Å². The highest BCUT2D eigenvalue weighted by molar-refractivity contribution is 5.06. The van der Waals surface area contributed by atoms with Crippen LogP contribution in [0, 0.1) is 11.8 Å². The monoisotopic (exact) mass is 422 g/mol. The first-order valence-corrected chi connectivity index (χ1v) is 6.67. The highest BCUT2D eigenvalue weighted by Gasteiger charge is 2.80. The summed E-state index contributed by atoms with van der Waals surface area (Å²) in [7, 11) is 0. The number of hydrogen-bond donors (Lipinski definition) is 0. The summed E-state index contributed by atoms with van der Waals surface area (Å²) in [5.41, 5.74) is -12.9. The van der Waals surface area contributed by atoms with E-state index in [0.29, 0.717) is 0 Å². The summed E-state index contributed by atoms with van der Waals surface area (Å²) in [6.07, 6.45) is -32.9. The second kappa shape index (κ2) is 6.88. The van der Waals surface area contributed by atoms with Crippen molar-refractivity contribution in [1.82, 2.24) is 0 Å². The third kappa shape index (κ3) is 4.46. The molecule has 158 valence electrons. The minimum absolute atomic E-state index is 0.821. The largest absolute Gasteiger partial charge is 0.431 e. The molecule has 0 aromatic rings. The Morgan fingerprint density at radius 3 is 1.04 bits per heavy atom. The van der Waals surface area contributed by atoms with Gasteiger partial charge in [-0.25, -0.2) is 8.78 Å². The normalized spacial score (nSPS) is 17.0. The zero-order valence-corrected chi connectivity index (χ0v) is 12.9. The van der Waals surface area contributed by atoms with Gasteiger partial charge in [-0.2, -0.15) is 52.7 Å². The number of rotatable bonds is 5. The summed E-state index contributed by atoms with van der Waals surface area (Å²) >= 11 is 0. The Morgan fingerprint density at radius 2 is 0.846 bits per heavy atom. The van der Waals surface area contributed by atoms with Crippen molar-refractivity contribution in [1.29, 1.82) is 0 Å². The molecule has 0 nitrogen and oxygen atoms in total. The van der Waals surface area contributed by atoms with Crippen LogP contribution in [0.4, 0.5) is 61.5 Å². The SMILES string of the molecule is CC(C)CC(CC(F)(C(F)(F)F)C(F)(F)F)C(F)(C(F)(F)F)C(F)(F)F. The average Bonchev–Trinajstić information content (AvgIpc) is 2.30. The molecule has 1 atom stereocenters. The number of halogens is 14. The fourth-order valence-electron chi connectivity index (χ4n) is 2.31. The Hall–Kier alpha value is -0.980. The summed E-state index contributed by atoms with van der Waals surface area (Å²) in [6, 6.07) is 0. The Labute approximate surface area is 137 Å². The molecule has 0 aliphatic heterocycles. The molecule has 0 fully saturated rings. The van der Waals surface area contributed by atoms with Gasteiger partial charge in [0.2, 0.25) is 0 Å². The molecule has 0 heterocycles. The topological polar surface area (TPSA) is 0 Å². The van der Waals surface area contributed by atoms with Gasteiger partial charge in [0, 0.05) is 12.3 Å². The molecule has 14 heteroatoms. The molecule has 26 heavy (non-hydrogen) atoms. The van der Waals surface area contributed by atoms with Crippen LogP contribution >= 0.6 is 0 Å². The Balaban J connectivity index is 6.52. The van der Waals surface area contributed by atoms with Gasteiger partial charge in [0.25, 0.3) is 5.67 Å². The third-order valence-corrected chi connectivity index (χ3v) is 3.57. The van der Waals surface area contributed by atoms with E-state index >= 15 is 0 Å². The van der Waals surface area contributed by atoms with E-state index in [1.165, 1.54) is 0 Å². The lowest BCUT2D eigenvalue weighted by Crippen LogP contribution is -2.62. The highest BCUT2D eigenvalue weighted by atomic mass is 19.4. The van der Waals surface area contributed by atoms with Crippen LogP contribution in [-0.2, 0) is 0 Å². The van der Waals surface area contributed by atoms with Crippen molar-refractivity contribution in [2.24, 2.45) is 11.8 Å². The second-order valence-electron chi connectivity index (χ2n) is 6.03. The van der Waals surface area contributed by atoms with Crippen LogP contribution in [0.2, 0.25) is 0 Å². The lowest BCUT2D eigenvalue weighted by Gasteiger charge is -2.41. The quantitative estimate of drug-likeness (QED) is 0.433. The lowest BCUT2D eigenvalue weighted by atomic mass is 9.75. The molecule has 0 rings (SSSR count). The van der Waals surface area contributed by atoms with Crippen LogP contribution in [0.15, 0.2) is 0 Å². The summed E-state index contributed by atoms with van der Waals surface area (Å²) in [5.74, 6) is -5.44. The maximum Gasteiger partial charge on any atom is 0.431 e. The minimum Gasteiger partial charge on any atom is -0.224 e. The van der Waals surface area contributed by atoms with Gasteiger partial charge < -0.3 is 0 Å². The van der Waals surface area contributed by atoms with Gasteiger partial charge in [-0.15, -0.1) is 0 Å². The molecule has 0 N–H and O–H groups in total. The molecule has 0 aliphatic carbocycles. The molecule has 1 unspecified atom stereocenters. The fourth-order valence-corrected chi connectivity index (χ4v) is 2.31. The molecule has 0 aliphatic rings. The van der Waals surface area contributed by atoms with E-state index in [-0.39, 0.29) is 0 Å². The molecule has 0 aromatic carbocycles. The molecule has 0 aromatic heterocycles. The van der Waals surface area contributed by atoms with E-state index < -0.39 is 60.7 Å². The number of alkyl halides is 14. The molecule has 0 amide bonds. The van der Waals surface area contributed by atoms with Crippen LogP contribution in [0.5, 0.6) is 0 Å². The summed E-state index contributed by atoms with van der Waals surface area (Å²) < 4.78 is 179. The van der Waals surface area contributed by atoms with E-state index in [0.717, 1.165) is 13.8 Å². The Kier molecular flexibility index (Phi) is 6.62. The lowest BCUT2D eigenvalue weighted by molar-refractivity contribution is -0.380. The van der Waals surface area contributed by atoms with Crippen LogP contribution in [-0.4, -0.2) is 36.0 Å². The van der Waals surface area contributed by atoms with Crippen molar-refractivity contribution < 1.29 is 61.5 Å². The van der Waals surface area contributed by atoms with Crippen molar-refractivity contribution in [3.63, 3.8) is 0 Å². The van der Waals surface area contributed by atoms with Gasteiger partial charge in [0.15, 0.2) is 0 Å². The standard InChI is InChI=1S/C12H12F14/c1-5(2)3-6(8(14,11(21,22)23)12(24,25)26)4-7(13,9(15,16)17)10(18,19)20/h5-6H,3-4H2,1-2H3. The Bertz CT molecular complexity index is 434. The van der Waals surface area contributed by atoms with Gasteiger partial charge in [-0.1, -0.05) is 13.8 Å². The van der Waals surface area contributed by atoms with E-state index in [1.54, 1.807) is 0 Å². The molecule has 0 saturated carbocycles. The third-order valence-electron chi connectivity index (χ3n) is 3.57. The first kappa shape index (κ1) is 25.0. The van der Waals surface area contributed by atoms with E-state index in [9.17, 15) is 61.5 Å². The average molecular weight is 422 g/mol. The summed E-state index contributed by atoms with van der Waals surface area (Å²) in [5, 5.41) is 0. The number of hydrogen-bond acceptors (Lipinski definition) is 0. The van der Waals surface area contributed by atoms with Gasteiger partial charge in [0.1, 0.15) is 0 Å². The van der Waals surface area contributed by atoms with Crippen molar-refractivity contribution >= 4 is 0 Å². The molecule has 0 spiro atoms. The molecule has 0 radical (unpaired) electrons. The minimum atomic E-state index is -6.93. The molecule has 0 bridgehead atoms. The maximum absolute atomic E-state index is 14.0. The second-order valence-corrected chi connectivity index (χ2v) is 6.03. The van der Waals surface area contributed by atoms with E-state index in [4.69, 9.17) is 0 Å². The molecule has 0 saturated heterocycles. The van der Waals surface area contributed by atoms with E-state index in [1.807, 2.05) is 0 Å². The van der Waals surface area contributed by atoms with Crippen molar-refractivity contribution in [2.45, 2.75) is 62.7 Å². The van der Waals surface area contributed by atoms with Gasteiger partial charge in [-0.05, 0) is 12.3 Å². The first-order valence-electron chi connectivity index (χ1n) is 6.67. The van der Waals surface area contributed by atoms with Gasteiger partial charge in [0.05, 0.1) is 0 Å². The first-order chi connectivity index (χ1) is 11.0. The molecular formula is C12H12F14. The predicted molar refractivity (Wildman–Crippen MR) is 59.5 cm³/mol. The van der Waals surface area contributed by atoms with Crippen LogP contribution in [0.1, 0.15) is 26.7 Å². The van der Waals surface area contributed by atoms with Crippen molar-refractivity contribution in [3.8, 4) is 0 Å². The maximum atomic E-state index is 14.0. The van der Waals surface area contributed by atoms with Crippen molar-refractivity contribution in [3.05, 3.63) is 0 Å². The van der Waals surface area contributed by atoms with Gasteiger partial charge >= 0.3 is 30.4 Å². The van der Waals surface area contributed by atoms with Crippen molar-refractivity contribution in [2.75, 3.05) is 0 Å². The zero-order chi connectivity index (χ0) is 21.6. The smallest absolute Gasteiger partial charge is 0.224 e. The zero-order valence-electron chi connectivity index (χ0n) is 12.9. The van der Waals surface area contributed by atoms with Crippen LogP contribution in [0.25, 0.3) is 0 Å². The van der Waals surface area contributed by atoms with Gasteiger partial charge in [-0.3, -0.25) is 0 Å². The summed E-state index contributed by atoms with van der Waals surface area (Å²) in [4.78, 5) is 0. The van der Waals surface area contributed by atoms with Crippen LogP contribution in [0.3, 0.4) is 0 Å². The summed E-state index contributed by atoms with van der Waals surface area (Å²) in [6.45, 7) is 1.64. The fraction of sp³-hybridized carbons (Fsp3) is 1.00. The molecular weight excluding hydrogens is 410 g/mol. The highest BCUT2D eigenvalue weighted by Crippen LogP contribution is 2.58. The van der Waals surface area contributed by atoms with Crippen LogP contribution < -0.4 is 0 Å².